The average Bonchev–Trinajstić information content (AvgIpc) is 3.02. The van der Waals surface area contributed by atoms with Crippen molar-refractivity contribution in [2.75, 3.05) is 18.0 Å². The number of nitrogens with zero attached hydrogens (tertiary/aromatic N) is 2. The number of halogens is 1. The number of methoxy groups -OCH3 is 1. The number of nitrogens with one attached hydrogen (secondary N) is 1. The van der Waals surface area contributed by atoms with Gasteiger partial charge >= 0.3 is 0 Å². The van der Waals surface area contributed by atoms with Crippen molar-refractivity contribution in [2.24, 2.45) is 0 Å². The number of anilines is 1. The molecule has 0 heterocycles. The van der Waals surface area contributed by atoms with Gasteiger partial charge in [0.1, 0.15) is 24.2 Å². The Balaban J connectivity index is 1.84. The molecule has 2 amide bonds. The van der Waals surface area contributed by atoms with Crippen LogP contribution in [0.25, 0.3) is 0 Å². The van der Waals surface area contributed by atoms with Crippen molar-refractivity contribution in [3.63, 3.8) is 0 Å². The number of ether oxygens (including phenoxy) is 1. The average molecular weight is 646 g/mol. The van der Waals surface area contributed by atoms with Gasteiger partial charge in [0.2, 0.25) is 11.8 Å². The van der Waals surface area contributed by atoms with Crippen molar-refractivity contribution in [3.8, 4) is 5.75 Å². The predicted molar refractivity (Wildman–Crippen MR) is 177 cm³/mol. The Kier molecular flexibility index (Phi) is 10.8. The van der Waals surface area contributed by atoms with Crippen molar-refractivity contribution >= 4 is 27.5 Å². The summed E-state index contributed by atoms with van der Waals surface area (Å²) in [7, 11) is -2.82. The first-order valence-electron chi connectivity index (χ1n) is 14.9. The standard InChI is InChI=1S/C36H40FN3O5S/c1-26-18-20-31(21-19-26)46(43,44)40(29-15-11-16-30(23-29)45-5)25-34(41)39(24-28-14-9-10-17-32(28)37)33(35(42)38-36(2,3)4)22-27-12-7-6-8-13-27/h6-21,23,33H,22,24-25H2,1-5H3,(H,38,42). The van der Waals surface area contributed by atoms with E-state index in [4.69, 9.17) is 4.74 Å². The van der Waals surface area contributed by atoms with E-state index in [1.54, 1.807) is 42.5 Å². The lowest BCUT2D eigenvalue weighted by molar-refractivity contribution is -0.140. The number of rotatable bonds is 12. The Morgan fingerprint density at radius 1 is 0.891 bits per heavy atom. The van der Waals surface area contributed by atoms with Crippen LogP contribution >= 0.6 is 0 Å². The number of hydrogen-bond donors (Lipinski definition) is 1. The molecule has 0 fully saturated rings. The number of aryl methyl sites for hydroxylation is 1. The summed E-state index contributed by atoms with van der Waals surface area (Å²) < 4.78 is 49.8. The molecule has 0 aromatic heterocycles. The quantitative estimate of drug-likeness (QED) is 0.207. The molecule has 0 radical (unpaired) electrons. The minimum absolute atomic E-state index is 0.0133. The highest BCUT2D eigenvalue weighted by molar-refractivity contribution is 7.92. The highest BCUT2D eigenvalue weighted by atomic mass is 32.2. The van der Waals surface area contributed by atoms with Crippen LogP contribution in [0.2, 0.25) is 0 Å². The molecule has 4 rings (SSSR count). The van der Waals surface area contributed by atoms with Crippen LogP contribution in [0.1, 0.15) is 37.5 Å². The maximum absolute atomic E-state index is 15.1. The van der Waals surface area contributed by atoms with Gasteiger partial charge in [-0.3, -0.25) is 13.9 Å². The molecule has 1 atom stereocenters. The number of carbonyl (C=O) groups excluding carboxylic acids is 2. The van der Waals surface area contributed by atoms with Crippen molar-refractivity contribution < 1.29 is 27.1 Å². The van der Waals surface area contributed by atoms with Gasteiger partial charge in [0.05, 0.1) is 17.7 Å². The van der Waals surface area contributed by atoms with Crippen LogP contribution in [-0.4, -0.2) is 50.4 Å². The van der Waals surface area contributed by atoms with E-state index in [-0.39, 0.29) is 29.1 Å². The molecule has 0 aliphatic rings. The summed E-state index contributed by atoms with van der Waals surface area (Å²) in [4.78, 5) is 29.7. The fraction of sp³-hybridized carbons (Fsp3) is 0.278. The molecule has 1 unspecified atom stereocenters. The Bertz CT molecular complexity index is 1760. The van der Waals surface area contributed by atoms with Crippen molar-refractivity contribution in [2.45, 2.75) is 57.1 Å². The Morgan fingerprint density at radius 2 is 1.54 bits per heavy atom. The van der Waals surface area contributed by atoms with Crippen LogP contribution in [0.15, 0.2) is 108 Å². The Labute approximate surface area is 270 Å². The molecule has 0 spiro atoms. The maximum atomic E-state index is 15.1. The number of sulfonamides is 1. The first-order chi connectivity index (χ1) is 21.8. The van der Waals surface area contributed by atoms with E-state index in [9.17, 15) is 18.0 Å². The smallest absolute Gasteiger partial charge is 0.264 e. The molecule has 242 valence electrons. The van der Waals surface area contributed by atoms with Crippen LogP contribution < -0.4 is 14.4 Å². The maximum Gasteiger partial charge on any atom is 0.264 e. The third kappa shape index (κ3) is 8.72. The molecule has 0 saturated carbocycles. The molecule has 46 heavy (non-hydrogen) atoms. The number of amides is 2. The molecule has 1 N–H and O–H groups in total. The predicted octanol–water partition coefficient (Wildman–Crippen LogP) is 5.89. The SMILES string of the molecule is COc1cccc(N(CC(=O)N(Cc2ccccc2F)C(Cc2ccccc2)C(=O)NC(C)(C)C)S(=O)(=O)c2ccc(C)cc2)c1. The lowest BCUT2D eigenvalue weighted by Crippen LogP contribution is -2.56. The van der Waals surface area contributed by atoms with Gasteiger partial charge in [-0.15, -0.1) is 0 Å². The van der Waals surface area contributed by atoms with Gasteiger partial charge in [-0.1, -0.05) is 72.3 Å². The fourth-order valence-electron chi connectivity index (χ4n) is 4.95. The first-order valence-corrected chi connectivity index (χ1v) is 16.3. The second kappa shape index (κ2) is 14.6. The largest absolute Gasteiger partial charge is 0.497 e. The zero-order valence-electron chi connectivity index (χ0n) is 26.7. The molecule has 4 aromatic carbocycles. The summed E-state index contributed by atoms with van der Waals surface area (Å²) >= 11 is 0. The minimum atomic E-state index is -4.28. The van der Waals surface area contributed by atoms with Gasteiger partial charge < -0.3 is 15.0 Å². The van der Waals surface area contributed by atoms with Gasteiger partial charge in [-0.2, -0.15) is 0 Å². The van der Waals surface area contributed by atoms with E-state index in [2.05, 4.69) is 5.32 Å². The monoisotopic (exact) mass is 645 g/mol. The van der Waals surface area contributed by atoms with Crippen LogP contribution in [-0.2, 0) is 32.6 Å². The molecule has 0 aliphatic heterocycles. The van der Waals surface area contributed by atoms with Gasteiger partial charge in [0.25, 0.3) is 10.0 Å². The van der Waals surface area contributed by atoms with Crippen molar-refractivity contribution in [3.05, 3.63) is 126 Å². The van der Waals surface area contributed by atoms with Crippen LogP contribution in [0, 0.1) is 12.7 Å². The van der Waals surface area contributed by atoms with E-state index >= 15 is 4.39 Å². The summed E-state index contributed by atoms with van der Waals surface area (Å²) in [6.07, 6.45) is 0.118. The van der Waals surface area contributed by atoms with Gasteiger partial charge in [-0.25, -0.2) is 12.8 Å². The molecule has 8 nitrogen and oxygen atoms in total. The lowest BCUT2D eigenvalue weighted by Gasteiger charge is -2.35. The van der Waals surface area contributed by atoms with Gasteiger partial charge in [0.15, 0.2) is 0 Å². The topological polar surface area (TPSA) is 96.0 Å². The zero-order valence-corrected chi connectivity index (χ0v) is 27.6. The van der Waals surface area contributed by atoms with Crippen LogP contribution in [0.3, 0.4) is 0 Å². The number of carbonyl (C=O) groups is 2. The molecular weight excluding hydrogens is 605 g/mol. The minimum Gasteiger partial charge on any atom is -0.497 e. The zero-order chi connectivity index (χ0) is 33.5. The Morgan fingerprint density at radius 3 is 2.17 bits per heavy atom. The first kappa shape index (κ1) is 34.2. The highest BCUT2D eigenvalue weighted by Crippen LogP contribution is 2.28. The van der Waals surface area contributed by atoms with Crippen molar-refractivity contribution in [1.29, 1.82) is 0 Å². The number of benzene rings is 4. The summed E-state index contributed by atoms with van der Waals surface area (Å²) in [5.74, 6) is -1.29. The van der Waals surface area contributed by atoms with E-state index in [1.165, 1.54) is 42.3 Å². The van der Waals surface area contributed by atoms with E-state index < -0.39 is 45.8 Å². The lowest BCUT2D eigenvalue weighted by atomic mass is 10.0. The summed E-state index contributed by atoms with van der Waals surface area (Å²) in [5, 5.41) is 2.96. The second-order valence-electron chi connectivity index (χ2n) is 12.1. The van der Waals surface area contributed by atoms with Crippen molar-refractivity contribution in [1.82, 2.24) is 10.2 Å². The van der Waals surface area contributed by atoms with E-state index in [0.29, 0.717) is 5.75 Å². The summed E-state index contributed by atoms with van der Waals surface area (Å²) in [5.41, 5.74) is 1.39. The fourth-order valence-corrected chi connectivity index (χ4v) is 6.35. The number of hydrogen-bond acceptors (Lipinski definition) is 5. The van der Waals surface area contributed by atoms with Crippen LogP contribution in [0.4, 0.5) is 10.1 Å². The highest BCUT2D eigenvalue weighted by Gasteiger charge is 2.36. The van der Waals surface area contributed by atoms with E-state index in [0.717, 1.165) is 15.4 Å². The normalized spacial score (nSPS) is 12.2. The summed E-state index contributed by atoms with van der Waals surface area (Å²) in [6, 6.07) is 26.8. The second-order valence-corrected chi connectivity index (χ2v) is 13.9. The molecule has 10 heteroatoms. The van der Waals surface area contributed by atoms with E-state index in [1.807, 2.05) is 58.0 Å². The van der Waals surface area contributed by atoms with Gasteiger partial charge in [-0.05, 0) is 63.6 Å². The summed E-state index contributed by atoms with van der Waals surface area (Å²) in [6.45, 7) is 6.39. The van der Waals surface area contributed by atoms with Gasteiger partial charge in [0, 0.05) is 30.1 Å². The molecule has 0 aliphatic carbocycles. The third-order valence-electron chi connectivity index (χ3n) is 7.30. The Hall–Kier alpha value is -4.70. The molecular formula is C36H40FN3O5S. The van der Waals surface area contributed by atoms with Crippen LogP contribution in [0.5, 0.6) is 5.75 Å². The molecule has 4 aromatic rings. The molecule has 0 bridgehead atoms. The third-order valence-corrected chi connectivity index (χ3v) is 9.09. The molecule has 0 saturated heterocycles.